The van der Waals surface area contributed by atoms with E-state index in [0.29, 0.717) is 25.1 Å². The van der Waals surface area contributed by atoms with Crippen molar-refractivity contribution in [3.8, 4) is 0 Å². The van der Waals surface area contributed by atoms with Crippen LogP contribution in [0.15, 0.2) is 42.5 Å². The molecule has 186 valence electrons. The number of fused-ring (bicyclic) bond motifs is 2. The minimum atomic E-state index is -0.639. The average Bonchev–Trinajstić information content (AvgIpc) is 3.45. The molecule has 2 aromatic rings. The Bertz CT molecular complexity index is 1160. The first-order valence-corrected chi connectivity index (χ1v) is 13.4. The van der Waals surface area contributed by atoms with Crippen molar-refractivity contribution in [1.29, 1.82) is 0 Å². The van der Waals surface area contributed by atoms with Gasteiger partial charge < -0.3 is 20.6 Å². The Morgan fingerprint density at radius 3 is 2.63 bits per heavy atom. The van der Waals surface area contributed by atoms with Crippen molar-refractivity contribution in [2.45, 2.75) is 48.6 Å². The number of aliphatic hydroxyl groups excluding tert-OH is 1. The van der Waals surface area contributed by atoms with E-state index in [1.807, 2.05) is 42.5 Å². The Morgan fingerprint density at radius 1 is 1.11 bits per heavy atom. The molecule has 8 heteroatoms. The minimum absolute atomic E-state index is 0.0476. The Balaban J connectivity index is 1.49. The number of thioether (sulfide) groups is 1. The van der Waals surface area contributed by atoms with Crippen LogP contribution in [0.4, 0.5) is 5.69 Å². The monoisotopic (exact) mass is 495 g/mol. The number of likely N-dealkylation sites (tertiary alicyclic amines) is 1. The van der Waals surface area contributed by atoms with Crippen LogP contribution >= 0.6 is 11.8 Å². The molecule has 3 unspecified atom stereocenters. The van der Waals surface area contributed by atoms with E-state index in [0.717, 1.165) is 23.6 Å². The van der Waals surface area contributed by atoms with Crippen LogP contribution in [-0.2, 0) is 14.4 Å². The van der Waals surface area contributed by atoms with Gasteiger partial charge in [0.25, 0.3) is 0 Å². The van der Waals surface area contributed by atoms with Crippen LogP contribution in [0.2, 0.25) is 0 Å². The molecule has 6 atom stereocenters. The molecule has 2 bridgehead atoms. The third kappa shape index (κ3) is 3.82. The molecule has 3 N–H and O–H groups in total. The molecule has 3 amide bonds. The summed E-state index contributed by atoms with van der Waals surface area (Å²) in [6.07, 6.45) is 2.98. The number of carbonyl (C=O) groups is 3. The fourth-order valence-corrected chi connectivity index (χ4v) is 9.00. The molecule has 1 spiro atoms. The molecule has 3 fully saturated rings. The number of nitrogens with zero attached hydrogens (tertiary/aromatic N) is 1. The molecular weight excluding hydrogens is 462 g/mol. The van der Waals surface area contributed by atoms with Gasteiger partial charge in [-0.2, -0.15) is 0 Å². The second kappa shape index (κ2) is 9.47. The number of hydrogen-bond acceptors (Lipinski definition) is 5. The first-order valence-electron chi connectivity index (χ1n) is 12.5. The van der Waals surface area contributed by atoms with E-state index in [-0.39, 0.29) is 35.5 Å². The van der Waals surface area contributed by atoms with Crippen molar-refractivity contribution in [3.05, 3.63) is 42.5 Å². The molecule has 2 aromatic carbocycles. The molecular formula is C27H33N3O4S. The van der Waals surface area contributed by atoms with E-state index in [1.165, 1.54) is 0 Å². The first kappa shape index (κ1) is 24.1. The van der Waals surface area contributed by atoms with Gasteiger partial charge in [-0.1, -0.05) is 37.3 Å². The van der Waals surface area contributed by atoms with Gasteiger partial charge in [0, 0.05) is 31.1 Å². The highest BCUT2D eigenvalue weighted by molar-refractivity contribution is 8.02. The highest BCUT2D eigenvalue weighted by Gasteiger charge is 2.75. The van der Waals surface area contributed by atoms with Crippen LogP contribution in [0.3, 0.4) is 0 Å². The van der Waals surface area contributed by atoms with Gasteiger partial charge in [0.15, 0.2) is 0 Å². The number of anilines is 1. The number of amides is 3. The molecule has 5 rings (SSSR count). The number of benzene rings is 2. The maximum atomic E-state index is 14.0. The largest absolute Gasteiger partial charge is 0.396 e. The van der Waals surface area contributed by atoms with E-state index in [1.54, 1.807) is 23.7 Å². The smallest absolute Gasteiger partial charge is 0.248 e. The lowest BCUT2D eigenvalue weighted by Gasteiger charge is -2.38. The predicted octanol–water partition coefficient (Wildman–Crippen LogP) is 3.02. The maximum absolute atomic E-state index is 14.0. The quantitative estimate of drug-likeness (QED) is 0.489. The SMILES string of the molecule is CNC(=O)[C@@H]1[C@@H]2CC(C)C3(S2)C(C(=O)Nc2ccc4ccccc4c2)N(CCCCCO)C(=O)[C@H]13. The maximum Gasteiger partial charge on any atom is 0.248 e. The van der Waals surface area contributed by atoms with Crippen molar-refractivity contribution in [2.75, 3.05) is 25.5 Å². The lowest BCUT2D eigenvalue weighted by Crippen LogP contribution is -2.55. The molecule has 3 aliphatic heterocycles. The molecule has 7 nitrogen and oxygen atoms in total. The second-order valence-electron chi connectivity index (χ2n) is 10.0. The number of aliphatic hydroxyl groups is 1. The van der Waals surface area contributed by atoms with Crippen molar-refractivity contribution in [1.82, 2.24) is 10.2 Å². The summed E-state index contributed by atoms with van der Waals surface area (Å²) in [5.74, 6) is -1.13. The number of unbranched alkanes of at least 4 members (excludes halogenated alkanes) is 2. The normalized spacial score (nSPS) is 31.1. The van der Waals surface area contributed by atoms with Crippen LogP contribution in [0.5, 0.6) is 0 Å². The standard InChI is InChI=1S/C27H33N3O4S/c1-16-14-20-21(24(32)28-2)22-26(34)30(12-6-3-7-13-31)23(27(16,22)35-20)25(33)29-19-11-10-17-8-4-5-9-18(17)15-19/h4-5,8-11,15-16,20-23,31H,3,6-7,12-14H2,1-2H3,(H,28,32)(H,29,33)/t16?,20-,21+,22-,23?,27?/m0/s1. The summed E-state index contributed by atoms with van der Waals surface area (Å²) in [6.45, 7) is 2.68. The molecule has 0 saturated carbocycles. The fraction of sp³-hybridized carbons (Fsp3) is 0.519. The Hall–Kier alpha value is -2.58. The minimum Gasteiger partial charge on any atom is -0.396 e. The summed E-state index contributed by atoms with van der Waals surface area (Å²) < 4.78 is -0.614. The average molecular weight is 496 g/mol. The Kier molecular flexibility index (Phi) is 6.53. The van der Waals surface area contributed by atoms with Crippen LogP contribution in [0, 0.1) is 17.8 Å². The fourth-order valence-electron chi connectivity index (χ4n) is 6.58. The second-order valence-corrected chi connectivity index (χ2v) is 11.6. The zero-order chi connectivity index (χ0) is 24.7. The van der Waals surface area contributed by atoms with Gasteiger partial charge in [0.05, 0.1) is 16.6 Å². The molecule has 35 heavy (non-hydrogen) atoms. The molecule has 3 heterocycles. The number of nitrogens with one attached hydrogen (secondary N) is 2. The van der Waals surface area contributed by atoms with E-state index < -0.39 is 22.6 Å². The van der Waals surface area contributed by atoms with Gasteiger partial charge >= 0.3 is 0 Å². The lowest BCUT2D eigenvalue weighted by molar-refractivity contribution is -0.139. The predicted molar refractivity (Wildman–Crippen MR) is 138 cm³/mol. The van der Waals surface area contributed by atoms with Crippen LogP contribution < -0.4 is 10.6 Å². The summed E-state index contributed by atoms with van der Waals surface area (Å²) >= 11 is 1.69. The summed E-state index contributed by atoms with van der Waals surface area (Å²) in [6, 6.07) is 13.2. The number of rotatable bonds is 8. The Labute approximate surface area is 210 Å². The van der Waals surface area contributed by atoms with Crippen LogP contribution in [-0.4, -0.2) is 64.0 Å². The summed E-state index contributed by atoms with van der Waals surface area (Å²) in [5.41, 5.74) is 0.703. The van der Waals surface area contributed by atoms with Crippen molar-refractivity contribution >= 4 is 45.9 Å². The van der Waals surface area contributed by atoms with E-state index in [9.17, 15) is 19.5 Å². The highest BCUT2D eigenvalue weighted by Crippen LogP contribution is 2.68. The van der Waals surface area contributed by atoms with E-state index >= 15 is 0 Å². The van der Waals surface area contributed by atoms with Gasteiger partial charge in [-0.25, -0.2) is 0 Å². The van der Waals surface area contributed by atoms with Crippen LogP contribution in [0.25, 0.3) is 10.8 Å². The third-order valence-electron chi connectivity index (χ3n) is 8.12. The van der Waals surface area contributed by atoms with Gasteiger partial charge in [0.1, 0.15) is 6.04 Å². The zero-order valence-corrected chi connectivity index (χ0v) is 21.0. The summed E-state index contributed by atoms with van der Waals surface area (Å²) in [5, 5.41) is 17.2. The first-order chi connectivity index (χ1) is 16.9. The molecule has 0 aliphatic carbocycles. The highest BCUT2D eigenvalue weighted by atomic mass is 32.2. The van der Waals surface area contributed by atoms with E-state index in [4.69, 9.17) is 0 Å². The lowest BCUT2D eigenvalue weighted by atomic mass is 9.66. The zero-order valence-electron chi connectivity index (χ0n) is 20.2. The van der Waals surface area contributed by atoms with Gasteiger partial charge in [0.2, 0.25) is 17.7 Å². The van der Waals surface area contributed by atoms with E-state index in [2.05, 4.69) is 17.6 Å². The van der Waals surface area contributed by atoms with Gasteiger partial charge in [-0.15, -0.1) is 11.8 Å². The van der Waals surface area contributed by atoms with Crippen molar-refractivity contribution < 1.29 is 19.5 Å². The summed E-state index contributed by atoms with van der Waals surface area (Å²) in [7, 11) is 1.62. The van der Waals surface area contributed by atoms with Crippen molar-refractivity contribution in [3.63, 3.8) is 0 Å². The third-order valence-corrected chi connectivity index (χ3v) is 10.2. The molecule has 3 aliphatic rings. The topological polar surface area (TPSA) is 98.7 Å². The van der Waals surface area contributed by atoms with Gasteiger partial charge in [-0.3, -0.25) is 14.4 Å². The van der Waals surface area contributed by atoms with Crippen molar-refractivity contribution in [2.24, 2.45) is 17.8 Å². The molecule has 0 radical (unpaired) electrons. The van der Waals surface area contributed by atoms with Gasteiger partial charge in [-0.05, 0) is 54.5 Å². The van der Waals surface area contributed by atoms with Crippen LogP contribution in [0.1, 0.15) is 32.6 Å². The number of hydrogen-bond donors (Lipinski definition) is 3. The summed E-state index contributed by atoms with van der Waals surface area (Å²) in [4.78, 5) is 42.4. The molecule has 3 saturated heterocycles. The Morgan fingerprint density at radius 2 is 1.89 bits per heavy atom. The number of carbonyl (C=O) groups excluding carboxylic acids is 3. The molecule has 0 aromatic heterocycles.